The van der Waals surface area contributed by atoms with Gasteiger partial charge in [-0.2, -0.15) is 0 Å². The number of hydrogen-bond donors (Lipinski definition) is 1. The second-order valence-corrected chi connectivity index (χ2v) is 8.10. The van der Waals surface area contributed by atoms with Gasteiger partial charge in [0.05, 0.1) is 4.34 Å². The summed E-state index contributed by atoms with van der Waals surface area (Å²) in [4.78, 5) is 10.2. The Balaban J connectivity index is 2.10. The van der Waals surface area contributed by atoms with Gasteiger partial charge in [0.15, 0.2) is 0 Å². The van der Waals surface area contributed by atoms with E-state index in [9.17, 15) is 0 Å². The zero-order valence-corrected chi connectivity index (χ0v) is 15.0. The summed E-state index contributed by atoms with van der Waals surface area (Å²) < 4.78 is 0.821. The van der Waals surface area contributed by atoms with Gasteiger partial charge < -0.3 is 5.32 Å². The van der Waals surface area contributed by atoms with Crippen LogP contribution in [-0.2, 0) is 11.8 Å². The van der Waals surface area contributed by atoms with Crippen LogP contribution in [0.25, 0.3) is 0 Å². The molecule has 2 heterocycles. The molecule has 2 rings (SSSR count). The molecule has 0 aliphatic carbocycles. The molecule has 0 spiro atoms. The third kappa shape index (κ3) is 4.31. The lowest BCUT2D eigenvalue weighted by Gasteiger charge is -2.19. The zero-order valence-electron chi connectivity index (χ0n) is 12.6. The molecule has 0 aromatic carbocycles. The molecule has 3 nitrogen and oxygen atoms in total. The van der Waals surface area contributed by atoms with Crippen molar-refractivity contribution in [2.24, 2.45) is 0 Å². The lowest BCUT2D eigenvalue weighted by molar-refractivity contribution is 0.545. The van der Waals surface area contributed by atoms with Gasteiger partial charge in [0, 0.05) is 22.4 Å². The van der Waals surface area contributed by atoms with Crippen molar-refractivity contribution in [3.63, 3.8) is 0 Å². The molecule has 0 fully saturated rings. The van der Waals surface area contributed by atoms with Gasteiger partial charge in [-0.15, -0.1) is 11.3 Å². The Morgan fingerprint density at radius 1 is 1.19 bits per heavy atom. The summed E-state index contributed by atoms with van der Waals surface area (Å²) in [6.07, 6.45) is 0.906. The first-order valence-corrected chi connectivity index (χ1v) is 8.37. The molecule has 0 aliphatic rings. The number of hydrogen-bond acceptors (Lipinski definition) is 4. The van der Waals surface area contributed by atoms with E-state index in [1.54, 1.807) is 11.3 Å². The first kappa shape index (κ1) is 16.5. The molecule has 2 aromatic rings. The molecule has 0 saturated heterocycles. The number of halogens is 2. The quantitative estimate of drug-likeness (QED) is 0.784. The average molecular weight is 344 g/mol. The Morgan fingerprint density at radius 2 is 1.90 bits per heavy atom. The second kappa shape index (κ2) is 6.51. The topological polar surface area (TPSA) is 37.8 Å². The van der Waals surface area contributed by atoms with Gasteiger partial charge in [-0.1, -0.05) is 44.0 Å². The van der Waals surface area contributed by atoms with Crippen LogP contribution in [0.1, 0.15) is 37.0 Å². The predicted molar refractivity (Wildman–Crippen MR) is 92.0 cm³/mol. The van der Waals surface area contributed by atoms with Gasteiger partial charge in [-0.05, 0) is 25.5 Å². The third-order valence-electron chi connectivity index (χ3n) is 3.05. The summed E-state index contributed by atoms with van der Waals surface area (Å²) in [7, 11) is 0. The van der Waals surface area contributed by atoms with E-state index in [0.717, 1.165) is 34.5 Å². The molecule has 2 aromatic heterocycles. The molecule has 0 amide bonds. The van der Waals surface area contributed by atoms with Crippen LogP contribution in [0, 0.1) is 6.92 Å². The van der Waals surface area contributed by atoms with Crippen LogP contribution in [-0.4, -0.2) is 16.5 Å². The minimum absolute atomic E-state index is 0.130. The number of aromatic nitrogens is 2. The van der Waals surface area contributed by atoms with Crippen molar-refractivity contribution in [3.05, 3.63) is 37.9 Å². The van der Waals surface area contributed by atoms with Gasteiger partial charge in [0.25, 0.3) is 0 Å². The zero-order chi connectivity index (χ0) is 15.6. The Morgan fingerprint density at radius 3 is 2.48 bits per heavy atom. The summed E-state index contributed by atoms with van der Waals surface area (Å²) in [5, 5.41) is 3.86. The molecule has 0 unspecified atom stereocenters. The van der Waals surface area contributed by atoms with Gasteiger partial charge in [-0.25, -0.2) is 9.97 Å². The smallest absolute Gasteiger partial charge is 0.137 e. The molecular formula is C15H19Cl2N3S. The summed E-state index contributed by atoms with van der Waals surface area (Å²) in [5.41, 5.74) is 0.753. The number of nitrogens with one attached hydrogen (secondary N) is 1. The second-order valence-electron chi connectivity index (χ2n) is 5.94. The lowest BCUT2D eigenvalue weighted by Crippen LogP contribution is -2.18. The fraction of sp³-hybridized carbons (Fsp3) is 0.467. The summed E-state index contributed by atoms with van der Waals surface area (Å²) in [6, 6.07) is 3.97. The molecule has 0 bridgehead atoms. The van der Waals surface area contributed by atoms with Crippen LogP contribution in [0.15, 0.2) is 12.1 Å². The summed E-state index contributed by atoms with van der Waals surface area (Å²) in [6.45, 7) is 8.94. The Kier molecular flexibility index (Phi) is 5.12. The monoisotopic (exact) mass is 343 g/mol. The van der Waals surface area contributed by atoms with Crippen LogP contribution in [0.4, 0.5) is 5.82 Å². The molecule has 6 heteroatoms. The Hall–Kier alpha value is -0.840. The SMILES string of the molecule is Cc1c(Cl)nc(C(C)(C)C)nc1NCCc1ccc(Cl)s1. The van der Waals surface area contributed by atoms with Crippen LogP contribution >= 0.6 is 34.5 Å². The maximum atomic E-state index is 6.22. The van der Waals surface area contributed by atoms with Gasteiger partial charge in [0.2, 0.25) is 0 Å². The van der Waals surface area contributed by atoms with Crippen molar-refractivity contribution in [1.82, 2.24) is 9.97 Å². The van der Waals surface area contributed by atoms with Crippen molar-refractivity contribution >= 4 is 40.4 Å². The first-order chi connectivity index (χ1) is 9.77. The maximum Gasteiger partial charge on any atom is 0.137 e. The lowest BCUT2D eigenvalue weighted by atomic mass is 9.95. The average Bonchev–Trinajstić information content (AvgIpc) is 2.79. The minimum atomic E-state index is -0.130. The highest BCUT2D eigenvalue weighted by molar-refractivity contribution is 7.16. The molecule has 0 saturated carbocycles. The number of thiophene rings is 1. The predicted octanol–water partition coefficient (Wildman–Crippen LogP) is 5.11. The Bertz CT molecular complexity index is 632. The molecular weight excluding hydrogens is 325 g/mol. The van der Waals surface area contributed by atoms with Crippen molar-refractivity contribution in [2.45, 2.75) is 39.5 Å². The van der Waals surface area contributed by atoms with Crippen molar-refractivity contribution < 1.29 is 0 Å². The molecule has 0 aliphatic heterocycles. The highest BCUT2D eigenvalue weighted by Crippen LogP contribution is 2.26. The Labute approximate surface area is 139 Å². The highest BCUT2D eigenvalue weighted by Gasteiger charge is 2.20. The fourth-order valence-electron chi connectivity index (χ4n) is 1.79. The number of anilines is 1. The van der Waals surface area contributed by atoms with E-state index in [1.165, 1.54) is 4.88 Å². The van der Waals surface area contributed by atoms with Crippen molar-refractivity contribution in [3.8, 4) is 0 Å². The molecule has 0 atom stereocenters. The van der Waals surface area contributed by atoms with Crippen molar-refractivity contribution in [1.29, 1.82) is 0 Å². The van der Waals surface area contributed by atoms with Crippen LogP contribution in [0.5, 0.6) is 0 Å². The van der Waals surface area contributed by atoms with E-state index in [4.69, 9.17) is 23.2 Å². The first-order valence-electron chi connectivity index (χ1n) is 6.80. The van der Waals surface area contributed by atoms with Crippen molar-refractivity contribution in [2.75, 3.05) is 11.9 Å². The van der Waals surface area contributed by atoms with E-state index in [0.29, 0.717) is 5.15 Å². The molecule has 0 radical (unpaired) electrons. The number of nitrogens with zero attached hydrogens (tertiary/aromatic N) is 2. The van der Waals surface area contributed by atoms with Gasteiger partial charge in [0.1, 0.15) is 16.8 Å². The molecule has 1 N–H and O–H groups in total. The van der Waals surface area contributed by atoms with E-state index in [-0.39, 0.29) is 5.41 Å². The largest absolute Gasteiger partial charge is 0.369 e. The standard InChI is InChI=1S/C15H19Cl2N3S/c1-9-12(17)19-14(15(2,3)4)20-13(9)18-8-7-10-5-6-11(16)21-10/h5-6H,7-8H2,1-4H3,(H,18,19,20). The van der Waals surface area contributed by atoms with E-state index in [1.807, 2.05) is 13.0 Å². The van der Waals surface area contributed by atoms with E-state index in [2.05, 4.69) is 42.1 Å². The normalized spacial score (nSPS) is 11.7. The van der Waals surface area contributed by atoms with Crippen LogP contribution < -0.4 is 5.32 Å². The summed E-state index contributed by atoms with van der Waals surface area (Å²) >= 11 is 13.8. The van der Waals surface area contributed by atoms with Gasteiger partial charge in [-0.3, -0.25) is 0 Å². The van der Waals surface area contributed by atoms with E-state index < -0.39 is 0 Å². The molecule has 21 heavy (non-hydrogen) atoms. The third-order valence-corrected chi connectivity index (χ3v) is 4.71. The summed E-state index contributed by atoms with van der Waals surface area (Å²) in [5.74, 6) is 1.56. The fourth-order valence-corrected chi connectivity index (χ4v) is 3.04. The molecule has 114 valence electrons. The van der Waals surface area contributed by atoms with Crippen LogP contribution in [0.2, 0.25) is 9.49 Å². The number of rotatable bonds is 4. The van der Waals surface area contributed by atoms with Gasteiger partial charge >= 0.3 is 0 Å². The van der Waals surface area contributed by atoms with E-state index >= 15 is 0 Å². The minimum Gasteiger partial charge on any atom is -0.369 e. The highest BCUT2D eigenvalue weighted by atomic mass is 35.5. The van der Waals surface area contributed by atoms with Crippen LogP contribution in [0.3, 0.4) is 0 Å². The maximum absolute atomic E-state index is 6.22.